The standard InChI is InChI=1S/C12H14N2O2/c1-2-15-11-5-3-9(4-6-11)7-10-8-12(13)16-14-10/h3-6,8H,2,7,13H2,1H3. The van der Waals surface area contributed by atoms with Gasteiger partial charge < -0.3 is 15.0 Å². The molecule has 1 heterocycles. The van der Waals surface area contributed by atoms with Crippen LogP contribution in [0, 0.1) is 0 Å². The topological polar surface area (TPSA) is 61.3 Å². The molecule has 16 heavy (non-hydrogen) atoms. The molecule has 0 amide bonds. The van der Waals surface area contributed by atoms with Crippen LogP contribution in [0.4, 0.5) is 5.88 Å². The van der Waals surface area contributed by atoms with Crippen molar-refractivity contribution in [2.75, 3.05) is 12.3 Å². The molecule has 1 aromatic heterocycles. The number of nitrogen functional groups attached to an aromatic ring is 1. The third-order valence-electron chi connectivity index (χ3n) is 2.20. The summed E-state index contributed by atoms with van der Waals surface area (Å²) < 4.78 is 10.2. The molecule has 0 aliphatic carbocycles. The van der Waals surface area contributed by atoms with Crippen molar-refractivity contribution in [2.45, 2.75) is 13.3 Å². The number of ether oxygens (including phenoxy) is 1. The smallest absolute Gasteiger partial charge is 0.222 e. The summed E-state index contributed by atoms with van der Waals surface area (Å²) in [6.07, 6.45) is 0.715. The zero-order chi connectivity index (χ0) is 11.4. The van der Waals surface area contributed by atoms with Gasteiger partial charge in [-0.05, 0) is 24.6 Å². The van der Waals surface area contributed by atoms with Gasteiger partial charge in [-0.1, -0.05) is 17.3 Å². The van der Waals surface area contributed by atoms with Gasteiger partial charge in [0.2, 0.25) is 5.88 Å². The molecule has 0 unspecified atom stereocenters. The van der Waals surface area contributed by atoms with Crippen molar-refractivity contribution in [2.24, 2.45) is 0 Å². The molecule has 84 valence electrons. The number of nitrogens with two attached hydrogens (primary N) is 1. The average Bonchev–Trinajstić information content (AvgIpc) is 2.67. The van der Waals surface area contributed by atoms with E-state index in [1.165, 1.54) is 0 Å². The predicted molar refractivity (Wildman–Crippen MR) is 61.3 cm³/mol. The summed E-state index contributed by atoms with van der Waals surface area (Å²) in [4.78, 5) is 0. The van der Waals surface area contributed by atoms with E-state index in [2.05, 4.69) is 5.16 Å². The van der Waals surface area contributed by atoms with E-state index in [-0.39, 0.29) is 0 Å². The predicted octanol–water partition coefficient (Wildman–Crippen LogP) is 2.25. The van der Waals surface area contributed by atoms with Crippen molar-refractivity contribution in [3.05, 3.63) is 41.6 Å². The van der Waals surface area contributed by atoms with Crippen LogP contribution in [0.15, 0.2) is 34.9 Å². The Labute approximate surface area is 94.0 Å². The van der Waals surface area contributed by atoms with E-state index in [1.54, 1.807) is 6.07 Å². The Morgan fingerprint density at radius 3 is 2.62 bits per heavy atom. The molecule has 0 saturated carbocycles. The Balaban J connectivity index is 2.05. The summed E-state index contributed by atoms with van der Waals surface area (Å²) in [6.45, 7) is 2.64. The van der Waals surface area contributed by atoms with Gasteiger partial charge in [0.05, 0.1) is 12.3 Å². The normalized spacial score (nSPS) is 10.3. The number of nitrogens with zero attached hydrogens (tertiary/aromatic N) is 1. The van der Waals surface area contributed by atoms with Gasteiger partial charge in [-0.25, -0.2) is 0 Å². The third-order valence-corrected chi connectivity index (χ3v) is 2.20. The number of benzene rings is 1. The van der Waals surface area contributed by atoms with Gasteiger partial charge in [-0.15, -0.1) is 0 Å². The largest absolute Gasteiger partial charge is 0.494 e. The first-order valence-electron chi connectivity index (χ1n) is 5.20. The molecule has 0 radical (unpaired) electrons. The Hall–Kier alpha value is -1.97. The lowest BCUT2D eigenvalue weighted by Gasteiger charge is -2.03. The fourth-order valence-electron chi connectivity index (χ4n) is 1.49. The molecular weight excluding hydrogens is 204 g/mol. The number of anilines is 1. The van der Waals surface area contributed by atoms with Crippen LogP contribution in [0.3, 0.4) is 0 Å². The summed E-state index contributed by atoms with van der Waals surface area (Å²) in [5, 5.41) is 3.84. The quantitative estimate of drug-likeness (QED) is 0.854. The summed E-state index contributed by atoms with van der Waals surface area (Å²) in [6, 6.07) is 9.65. The first-order chi connectivity index (χ1) is 7.78. The number of hydrogen-bond donors (Lipinski definition) is 1. The number of hydrogen-bond acceptors (Lipinski definition) is 4. The van der Waals surface area contributed by atoms with E-state index < -0.39 is 0 Å². The third kappa shape index (κ3) is 2.53. The van der Waals surface area contributed by atoms with Gasteiger partial charge in [0, 0.05) is 12.5 Å². The van der Waals surface area contributed by atoms with E-state index in [1.807, 2.05) is 31.2 Å². The number of aromatic nitrogens is 1. The van der Waals surface area contributed by atoms with Crippen molar-refractivity contribution in [3.8, 4) is 5.75 Å². The highest BCUT2D eigenvalue weighted by Crippen LogP contribution is 2.15. The molecular formula is C12H14N2O2. The summed E-state index contributed by atoms with van der Waals surface area (Å²) in [5.41, 5.74) is 7.43. The number of rotatable bonds is 4. The molecule has 4 nitrogen and oxygen atoms in total. The Kier molecular flexibility index (Phi) is 3.10. The van der Waals surface area contributed by atoms with Crippen LogP contribution >= 0.6 is 0 Å². The molecule has 2 aromatic rings. The van der Waals surface area contributed by atoms with Gasteiger partial charge >= 0.3 is 0 Å². The maximum absolute atomic E-state index is 5.45. The first kappa shape index (κ1) is 10.5. The molecule has 0 aliphatic heterocycles. The van der Waals surface area contributed by atoms with Crippen LogP contribution in [-0.4, -0.2) is 11.8 Å². The minimum absolute atomic E-state index is 0.348. The summed E-state index contributed by atoms with van der Waals surface area (Å²) in [5.74, 6) is 1.23. The van der Waals surface area contributed by atoms with E-state index in [0.29, 0.717) is 18.9 Å². The molecule has 0 atom stereocenters. The van der Waals surface area contributed by atoms with Crippen molar-refractivity contribution in [1.29, 1.82) is 0 Å². The van der Waals surface area contributed by atoms with Gasteiger partial charge in [-0.2, -0.15) is 0 Å². The SMILES string of the molecule is CCOc1ccc(Cc2cc(N)on2)cc1. The Morgan fingerprint density at radius 1 is 1.31 bits per heavy atom. The van der Waals surface area contributed by atoms with Crippen molar-refractivity contribution in [1.82, 2.24) is 5.16 Å². The zero-order valence-electron chi connectivity index (χ0n) is 9.14. The molecule has 1 aromatic carbocycles. The maximum atomic E-state index is 5.45. The minimum Gasteiger partial charge on any atom is -0.494 e. The van der Waals surface area contributed by atoms with Crippen molar-refractivity contribution in [3.63, 3.8) is 0 Å². The highest BCUT2D eigenvalue weighted by Gasteiger charge is 2.02. The molecule has 0 spiro atoms. The Morgan fingerprint density at radius 2 is 2.06 bits per heavy atom. The molecule has 4 heteroatoms. The van der Waals surface area contributed by atoms with Crippen LogP contribution in [-0.2, 0) is 6.42 Å². The second-order valence-electron chi connectivity index (χ2n) is 3.47. The Bertz CT molecular complexity index is 448. The van der Waals surface area contributed by atoms with Crippen molar-refractivity contribution >= 4 is 5.88 Å². The molecule has 0 bridgehead atoms. The first-order valence-corrected chi connectivity index (χ1v) is 5.20. The lowest BCUT2D eigenvalue weighted by molar-refractivity contribution is 0.340. The summed E-state index contributed by atoms with van der Waals surface area (Å²) >= 11 is 0. The average molecular weight is 218 g/mol. The molecule has 0 saturated heterocycles. The van der Waals surface area contributed by atoms with Crippen LogP contribution in [0.1, 0.15) is 18.2 Å². The molecule has 2 rings (SSSR count). The van der Waals surface area contributed by atoms with E-state index in [4.69, 9.17) is 15.0 Å². The van der Waals surface area contributed by atoms with E-state index in [9.17, 15) is 0 Å². The highest BCUT2D eigenvalue weighted by molar-refractivity contribution is 5.32. The highest BCUT2D eigenvalue weighted by atomic mass is 16.5. The minimum atomic E-state index is 0.348. The molecule has 0 fully saturated rings. The van der Waals surface area contributed by atoms with E-state index in [0.717, 1.165) is 17.0 Å². The van der Waals surface area contributed by atoms with Crippen LogP contribution < -0.4 is 10.5 Å². The lowest BCUT2D eigenvalue weighted by Crippen LogP contribution is -1.92. The second kappa shape index (κ2) is 4.70. The second-order valence-corrected chi connectivity index (χ2v) is 3.47. The van der Waals surface area contributed by atoms with E-state index >= 15 is 0 Å². The fourth-order valence-corrected chi connectivity index (χ4v) is 1.49. The maximum Gasteiger partial charge on any atom is 0.222 e. The molecule has 0 aliphatic rings. The summed E-state index contributed by atoms with van der Waals surface area (Å²) in [7, 11) is 0. The van der Waals surface area contributed by atoms with Crippen LogP contribution in [0.2, 0.25) is 0 Å². The monoisotopic (exact) mass is 218 g/mol. The van der Waals surface area contributed by atoms with Gasteiger partial charge in [0.1, 0.15) is 5.75 Å². The lowest BCUT2D eigenvalue weighted by atomic mass is 10.1. The van der Waals surface area contributed by atoms with Crippen LogP contribution in [0.25, 0.3) is 0 Å². The van der Waals surface area contributed by atoms with Gasteiger partial charge in [-0.3, -0.25) is 0 Å². The van der Waals surface area contributed by atoms with Gasteiger partial charge in [0.15, 0.2) is 0 Å². The van der Waals surface area contributed by atoms with Crippen molar-refractivity contribution < 1.29 is 9.26 Å². The van der Waals surface area contributed by atoms with Gasteiger partial charge in [0.25, 0.3) is 0 Å². The van der Waals surface area contributed by atoms with Crippen LogP contribution in [0.5, 0.6) is 5.75 Å². The molecule has 2 N–H and O–H groups in total. The fraction of sp³-hybridized carbons (Fsp3) is 0.250. The zero-order valence-corrected chi connectivity index (χ0v) is 9.14.